The van der Waals surface area contributed by atoms with Crippen molar-refractivity contribution in [2.24, 2.45) is 7.05 Å². The van der Waals surface area contributed by atoms with Gasteiger partial charge in [0.25, 0.3) is 0 Å². The van der Waals surface area contributed by atoms with Gasteiger partial charge in [-0.15, -0.1) is 0 Å². The summed E-state index contributed by atoms with van der Waals surface area (Å²) in [6.45, 7) is 0. The van der Waals surface area contributed by atoms with Crippen molar-refractivity contribution in [1.29, 1.82) is 0 Å². The molecule has 0 aliphatic rings. The molecule has 1 unspecified atom stereocenters. The number of aromatic nitrogens is 1. The molecule has 0 spiro atoms. The lowest BCUT2D eigenvalue weighted by Crippen LogP contribution is -2.22. The van der Waals surface area contributed by atoms with Gasteiger partial charge in [-0.1, -0.05) is 0 Å². The maximum absolute atomic E-state index is 12.0. The number of rotatable bonds is 4. The van der Waals surface area contributed by atoms with Crippen LogP contribution in [0, 0.1) is 0 Å². The zero-order valence-corrected chi connectivity index (χ0v) is 10.5. The van der Waals surface area contributed by atoms with Gasteiger partial charge in [-0.05, 0) is 18.2 Å². The van der Waals surface area contributed by atoms with Gasteiger partial charge in [0.15, 0.2) is 0 Å². The molecule has 0 fully saturated rings. The van der Waals surface area contributed by atoms with Crippen molar-refractivity contribution in [3.8, 4) is 5.75 Å². The molecule has 0 bridgehead atoms. The van der Waals surface area contributed by atoms with Crippen molar-refractivity contribution in [2.75, 3.05) is 14.2 Å². The van der Waals surface area contributed by atoms with Crippen molar-refractivity contribution in [3.63, 3.8) is 0 Å². The smallest absolute Gasteiger partial charge is 0.220 e. The van der Waals surface area contributed by atoms with Crippen LogP contribution in [0.1, 0.15) is 10.4 Å². The minimum atomic E-state index is -1.45. The highest BCUT2D eigenvalue weighted by atomic mass is 16.6. The van der Waals surface area contributed by atoms with E-state index in [1.807, 2.05) is 23.9 Å². The van der Waals surface area contributed by atoms with E-state index in [4.69, 9.17) is 4.74 Å². The van der Waals surface area contributed by atoms with Gasteiger partial charge in [0.05, 0.1) is 12.6 Å². The Balaban J connectivity index is 2.66. The molecule has 1 heterocycles. The van der Waals surface area contributed by atoms with Gasteiger partial charge in [-0.2, -0.15) is 0 Å². The first kappa shape index (κ1) is 12.6. The first-order valence-electron chi connectivity index (χ1n) is 5.47. The van der Waals surface area contributed by atoms with Gasteiger partial charge in [-0.25, -0.2) is 0 Å². The number of aryl methyl sites for hydroxylation is 1. The number of ketones is 1. The van der Waals surface area contributed by atoms with Crippen molar-refractivity contribution >= 4 is 16.7 Å². The second-order valence-electron chi connectivity index (χ2n) is 3.96. The molecule has 0 amide bonds. The highest BCUT2D eigenvalue weighted by molar-refractivity contribution is 6.09. The van der Waals surface area contributed by atoms with Crippen LogP contribution in [0.5, 0.6) is 5.75 Å². The van der Waals surface area contributed by atoms with E-state index in [0.29, 0.717) is 11.3 Å². The molecule has 0 radical (unpaired) electrons. The molecule has 1 atom stereocenters. The maximum atomic E-state index is 12.0. The first-order valence-corrected chi connectivity index (χ1v) is 5.47. The predicted molar refractivity (Wildman–Crippen MR) is 66.8 cm³/mol. The summed E-state index contributed by atoms with van der Waals surface area (Å²) in [6.07, 6.45) is 0.389. The van der Waals surface area contributed by atoms with E-state index in [0.717, 1.165) is 10.9 Å². The normalized spacial score (nSPS) is 12.7. The summed E-state index contributed by atoms with van der Waals surface area (Å²) < 4.78 is 11.7. The molecule has 0 saturated carbocycles. The Morgan fingerprint density at radius 2 is 2.06 bits per heavy atom. The van der Waals surface area contributed by atoms with Crippen molar-refractivity contribution < 1.29 is 19.4 Å². The molecule has 0 saturated heterocycles. The van der Waals surface area contributed by atoms with Crippen LogP contribution < -0.4 is 4.74 Å². The second-order valence-corrected chi connectivity index (χ2v) is 3.96. The summed E-state index contributed by atoms with van der Waals surface area (Å²) in [7, 11) is 4.69. The average molecular weight is 249 g/mol. The van der Waals surface area contributed by atoms with Gasteiger partial charge < -0.3 is 19.1 Å². The van der Waals surface area contributed by atoms with E-state index in [1.165, 1.54) is 7.11 Å². The number of hydrogen-bond donors (Lipinski definition) is 1. The fraction of sp³-hybridized carbons (Fsp3) is 0.308. The highest BCUT2D eigenvalue weighted by Crippen LogP contribution is 2.29. The van der Waals surface area contributed by atoms with Gasteiger partial charge in [-0.3, -0.25) is 4.79 Å². The van der Waals surface area contributed by atoms with Crippen LogP contribution in [0.3, 0.4) is 0 Å². The van der Waals surface area contributed by atoms with Gasteiger partial charge >= 0.3 is 0 Å². The van der Waals surface area contributed by atoms with Crippen LogP contribution in [0.4, 0.5) is 0 Å². The first-order chi connectivity index (χ1) is 8.60. The molecule has 96 valence electrons. The number of carbonyl (C=O) groups excluding carboxylic acids is 1. The Morgan fingerprint density at radius 1 is 1.33 bits per heavy atom. The van der Waals surface area contributed by atoms with Crippen LogP contribution in [0.25, 0.3) is 10.9 Å². The summed E-state index contributed by atoms with van der Waals surface area (Å²) >= 11 is 0. The third-order valence-corrected chi connectivity index (χ3v) is 2.93. The molecule has 0 aliphatic heterocycles. The Kier molecular flexibility index (Phi) is 3.36. The highest BCUT2D eigenvalue weighted by Gasteiger charge is 2.21. The third kappa shape index (κ3) is 1.87. The van der Waals surface area contributed by atoms with Crippen LogP contribution in [-0.2, 0) is 11.8 Å². The summed E-state index contributed by atoms with van der Waals surface area (Å²) in [5, 5.41) is 10.3. The van der Waals surface area contributed by atoms with Gasteiger partial charge in [0.1, 0.15) is 5.75 Å². The van der Waals surface area contributed by atoms with Crippen LogP contribution in [0.15, 0.2) is 24.4 Å². The number of fused-ring (bicyclic) bond motifs is 1. The summed E-state index contributed by atoms with van der Waals surface area (Å²) in [5.74, 6) is 0.223. The number of ether oxygens (including phenoxy) is 2. The van der Waals surface area contributed by atoms with E-state index in [-0.39, 0.29) is 0 Å². The van der Waals surface area contributed by atoms with E-state index < -0.39 is 12.1 Å². The van der Waals surface area contributed by atoms with E-state index >= 15 is 0 Å². The number of carbonyl (C=O) groups is 1. The molecule has 1 aromatic carbocycles. The zero-order valence-electron chi connectivity index (χ0n) is 10.5. The standard InChI is InChI=1S/C13H15NO4/c1-14-7-6-8-10(17-2)5-4-9(11(8)14)12(15)13(16)18-3/h4-7,13,16H,1-3H3. The fourth-order valence-electron chi connectivity index (χ4n) is 2.01. The van der Waals surface area contributed by atoms with Crippen molar-refractivity contribution in [1.82, 2.24) is 4.57 Å². The molecule has 2 rings (SSSR count). The molecule has 5 heteroatoms. The zero-order chi connectivity index (χ0) is 13.3. The quantitative estimate of drug-likeness (QED) is 0.656. The predicted octanol–water partition coefficient (Wildman–Crippen LogP) is 1.33. The summed E-state index contributed by atoms with van der Waals surface area (Å²) in [4.78, 5) is 12.0. The number of benzene rings is 1. The number of aliphatic hydroxyl groups excluding tert-OH is 1. The van der Waals surface area contributed by atoms with Crippen LogP contribution in [-0.4, -0.2) is 36.0 Å². The lowest BCUT2D eigenvalue weighted by molar-refractivity contribution is -0.0482. The number of hydrogen-bond acceptors (Lipinski definition) is 4. The Bertz CT molecular complexity index is 588. The molecular formula is C13H15NO4. The molecule has 1 aromatic heterocycles. The van der Waals surface area contributed by atoms with E-state index in [9.17, 15) is 9.90 Å². The maximum Gasteiger partial charge on any atom is 0.220 e. The minimum absolute atomic E-state index is 0.410. The molecular weight excluding hydrogens is 234 g/mol. The third-order valence-electron chi connectivity index (χ3n) is 2.93. The molecule has 1 N–H and O–H groups in total. The lowest BCUT2D eigenvalue weighted by atomic mass is 10.1. The van der Waals surface area contributed by atoms with E-state index in [2.05, 4.69) is 4.74 Å². The van der Waals surface area contributed by atoms with Crippen molar-refractivity contribution in [2.45, 2.75) is 6.29 Å². The summed E-state index contributed by atoms with van der Waals surface area (Å²) in [6, 6.07) is 5.20. The second kappa shape index (κ2) is 4.80. The largest absolute Gasteiger partial charge is 0.496 e. The molecule has 18 heavy (non-hydrogen) atoms. The SMILES string of the molecule is COc1ccc(C(=O)C(O)OC)c2c1ccn2C. The number of Topliss-reactive ketones (excluding diaryl/α,β-unsaturated/α-hetero) is 1. The Morgan fingerprint density at radius 3 is 2.67 bits per heavy atom. The molecule has 2 aromatic rings. The Labute approximate surface area is 105 Å². The van der Waals surface area contributed by atoms with Crippen LogP contribution >= 0.6 is 0 Å². The van der Waals surface area contributed by atoms with Gasteiger partial charge in [0, 0.05) is 31.3 Å². The minimum Gasteiger partial charge on any atom is -0.496 e. The number of nitrogens with zero attached hydrogens (tertiary/aromatic N) is 1. The van der Waals surface area contributed by atoms with Crippen LogP contribution in [0.2, 0.25) is 0 Å². The average Bonchev–Trinajstić information content (AvgIpc) is 2.78. The van der Waals surface area contributed by atoms with E-state index in [1.54, 1.807) is 19.2 Å². The monoisotopic (exact) mass is 249 g/mol. The van der Waals surface area contributed by atoms with Crippen molar-refractivity contribution in [3.05, 3.63) is 30.0 Å². The Hall–Kier alpha value is -1.85. The lowest BCUT2D eigenvalue weighted by Gasteiger charge is -2.11. The number of aliphatic hydroxyl groups is 1. The number of methoxy groups -OCH3 is 2. The molecule has 5 nitrogen and oxygen atoms in total. The molecule has 0 aliphatic carbocycles. The van der Waals surface area contributed by atoms with Gasteiger partial charge in [0.2, 0.25) is 12.1 Å². The topological polar surface area (TPSA) is 60.7 Å². The fourth-order valence-corrected chi connectivity index (χ4v) is 2.01. The summed E-state index contributed by atoms with van der Waals surface area (Å²) in [5.41, 5.74) is 1.13.